The molecule has 3 aromatic carbocycles. The highest BCUT2D eigenvalue weighted by Gasteiger charge is 2.26. The van der Waals surface area contributed by atoms with Crippen LogP contribution in [0.5, 0.6) is 0 Å². The predicted molar refractivity (Wildman–Crippen MR) is 86.6 cm³/mol. The number of amides is 1. The quantitative estimate of drug-likeness (QED) is 0.695. The van der Waals surface area contributed by atoms with E-state index in [1.54, 1.807) is 30.3 Å². The largest absolute Gasteiger partial charge is 0.444 e. The van der Waals surface area contributed by atoms with E-state index in [-0.39, 0.29) is 12.3 Å². The Bertz CT molecular complexity index is 880. The maximum absolute atomic E-state index is 12.4. The summed E-state index contributed by atoms with van der Waals surface area (Å²) in [4.78, 5) is 36.4. The first-order valence-electron chi connectivity index (χ1n) is 7.03. The zero-order valence-corrected chi connectivity index (χ0v) is 12.1. The average molecular weight is 307 g/mol. The third kappa shape index (κ3) is 3.03. The van der Waals surface area contributed by atoms with Gasteiger partial charge in [0.05, 0.1) is 5.69 Å². The van der Waals surface area contributed by atoms with Crippen molar-refractivity contribution in [3.05, 3.63) is 92.7 Å². The van der Waals surface area contributed by atoms with Gasteiger partial charge >= 0.3 is 6.09 Å². The molecule has 23 heavy (non-hydrogen) atoms. The van der Waals surface area contributed by atoms with Gasteiger partial charge in [-0.1, -0.05) is 48.5 Å². The molecule has 0 aliphatic heterocycles. The number of benzene rings is 2. The van der Waals surface area contributed by atoms with Crippen molar-refractivity contribution in [2.24, 2.45) is 0 Å². The molecule has 0 N–H and O–H groups in total. The SMILES string of the molecule is O=C(OCc1ccccc1)N(c1ccccc1)c1cc(=O)c1=O. The molecular weight excluding hydrogens is 294 g/mol. The van der Waals surface area contributed by atoms with E-state index >= 15 is 0 Å². The summed E-state index contributed by atoms with van der Waals surface area (Å²) in [7, 11) is 0. The van der Waals surface area contributed by atoms with E-state index in [0.717, 1.165) is 16.5 Å². The molecule has 0 bridgehead atoms. The van der Waals surface area contributed by atoms with Crippen molar-refractivity contribution in [1.82, 2.24) is 0 Å². The van der Waals surface area contributed by atoms with E-state index < -0.39 is 17.0 Å². The molecule has 5 nitrogen and oxygen atoms in total. The molecule has 0 aliphatic carbocycles. The van der Waals surface area contributed by atoms with Crippen LogP contribution in [0.25, 0.3) is 0 Å². The second-order valence-corrected chi connectivity index (χ2v) is 4.93. The second-order valence-electron chi connectivity index (χ2n) is 4.93. The highest BCUT2D eigenvalue weighted by atomic mass is 16.6. The van der Waals surface area contributed by atoms with Crippen LogP contribution in [-0.4, -0.2) is 6.09 Å². The fourth-order valence-corrected chi connectivity index (χ4v) is 2.17. The molecule has 0 unspecified atom stereocenters. The van der Waals surface area contributed by atoms with E-state index in [1.807, 2.05) is 30.3 Å². The summed E-state index contributed by atoms with van der Waals surface area (Å²) in [6.07, 6.45) is -0.702. The molecule has 5 heteroatoms. The summed E-state index contributed by atoms with van der Waals surface area (Å²) in [5.41, 5.74) is 0.0260. The van der Waals surface area contributed by atoms with Crippen molar-refractivity contribution in [3.8, 4) is 0 Å². The number of carbonyl (C=O) groups is 1. The van der Waals surface area contributed by atoms with Gasteiger partial charge in [0.15, 0.2) is 0 Å². The number of rotatable bonds is 4. The number of carbonyl (C=O) groups excluding carboxylic acids is 1. The fourth-order valence-electron chi connectivity index (χ4n) is 2.17. The Morgan fingerprint density at radius 2 is 1.52 bits per heavy atom. The molecule has 1 amide bonds. The number of anilines is 2. The van der Waals surface area contributed by atoms with Gasteiger partial charge in [0.25, 0.3) is 0 Å². The summed E-state index contributed by atoms with van der Waals surface area (Å²) in [6.45, 7) is 0.0818. The molecule has 3 rings (SSSR count). The normalized spacial score (nSPS) is 10.4. The summed E-state index contributed by atoms with van der Waals surface area (Å²) >= 11 is 0. The van der Waals surface area contributed by atoms with Crippen molar-refractivity contribution in [3.63, 3.8) is 0 Å². The minimum absolute atomic E-state index is 0.0271. The molecular formula is C18H13NO4. The number of nitrogens with zero attached hydrogens (tertiary/aromatic N) is 1. The fraction of sp³-hybridized carbons (Fsp3) is 0.0556. The highest BCUT2D eigenvalue weighted by Crippen LogP contribution is 2.23. The van der Waals surface area contributed by atoms with Gasteiger partial charge in [-0.05, 0) is 17.7 Å². The van der Waals surface area contributed by atoms with E-state index in [0.29, 0.717) is 5.69 Å². The molecule has 0 fully saturated rings. The zero-order valence-electron chi connectivity index (χ0n) is 12.1. The van der Waals surface area contributed by atoms with E-state index in [1.165, 1.54) is 0 Å². The number of hydrogen-bond donors (Lipinski definition) is 0. The Kier molecular flexibility index (Phi) is 4.01. The molecule has 0 saturated carbocycles. The molecule has 0 atom stereocenters. The summed E-state index contributed by atoms with van der Waals surface area (Å²) in [5, 5.41) is 0. The third-order valence-electron chi connectivity index (χ3n) is 3.37. The van der Waals surface area contributed by atoms with Crippen LogP contribution in [-0.2, 0) is 11.3 Å². The van der Waals surface area contributed by atoms with Crippen molar-refractivity contribution in [2.75, 3.05) is 4.90 Å². The minimum Gasteiger partial charge on any atom is -0.444 e. The Morgan fingerprint density at radius 1 is 0.913 bits per heavy atom. The van der Waals surface area contributed by atoms with E-state index in [2.05, 4.69) is 0 Å². The van der Waals surface area contributed by atoms with Crippen LogP contribution in [0.2, 0.25) is 0 Å². The molecule has 0 spiro atoms. The minimum atomic E-state index is -0.702. The van der Waals surface area contributed by atoms with Crippen LogP contribution in [0.1, 0.15) is 5.56 Å². The lowest BCUT2D eigenvalue weighted by atomic mass is 10.2. The number of ether oxygens (including phenoxy) is 1. The lowest BCUT2D eigenvalue weighted by molar-refractivity contribution is 0.150. The Hall–Kier alpha value is -3.21. The number of para-hydroxylation sites is 1. The maximum atomic E-state index is 12.4. The van der Waals surface area contributed by atoms with Crippen molar-refractivity contribution in [1.29, 1.82) is 0 Å². The molecule has 0 saturated heterocycles. The van der Waals surface area contributed by atoms with E-state index in [4.69, 9.17) is 4.74 Å². The Morgan fingerprint density at radius 3 is 2.09 bits per heavy atom. The topological polar surface area (TPSA) is 63.7 Å². The first-order chi connectivity index (χ1) is 11.2. The van der Waals surface area contributed by atoms with Crippen LogP contribution in [0.4, 0.5) is 16.2 Å². The Balaban J connectivity index is 1.84. The lowest BCUT2D eigenvalue weighted by Gasteiger charge is -2.22. The van der Waals surface area contributed by atoms with Gasteiger partial charge in [0.1, 0.15) is 12.3 Å². The van der Waals surface area contributed by atoms with Crippen LogP contribution in [0.3, 0.4) is 0 Å². The molecule has 0 radical (unpaired) electrons. The summed E-state index contributed by atoms with van der Waals surface area (Å²) < 4.78 is 5.27. The molecule has 0 aromatic heterocycles. The van der Waals surface area contributed by atoms with Crippen LogP contribution in [0.15, 0.2) is 76.3 Å². The van der Waals surface area contributed by atoms with Crippen molar-refractivity contribution in [2.45, 2.75) is 6.61 Å². The molecule has 3 aromatic rings. The zero-order chi connectivity index (χ0) is 16.2. The van der Waals surface area contributed by atoms with Gasteiger partial charge in [0, 0.05) is 6.07 Å². The van der Waals surface area contributed by atoms with Gasteiger partial charge < -0.3 is 4.74 Å². The van der Waals surface area contributed by atoms with Crippen LogP contribution < -0.4 is 15.8 Å². The second kappa shape index (κ2) is 6.27. The maximum Gasteiger partial charge on any atom is 0.419 e. The third-order valence-corrected chi connectivity index (χ3v) is 3.37. The van der Waals surface area contributed by atoms with Crippen LogP contribution >= 0.6 is 0 Å². The smallest absolute Gasteiger partial charge is 0.419 e. The molecule has 114 valence electrons. The van der Waals surface area contributed by atoms with Gasteiger partial charge in [-0.2, -0.15) is 0 Å². The predicted octanol–water partition coefficient (Wildman–Crippen LogP) is 2.76. The Labute approximate surface area is 132 Å². The van der Waals surface area contributed by atoms with Crippen LogP contribution in [0, 0.1) is 0 Å². The first kappa shape index (κ1) is 14.7. The monoisotopic (exact) mass is 307 g/mol. The summed E-state index contributed by atoms with van der Waals surface area (Å²) in [6, 6.07) is 18.9. The van der Waals surface area contributed by atoms with Gasteiger partial charge in [0.2, 0.25) is 10.9 Å². The van der Waals surface area contributed by atoms with Gasteiger partial charge in [-0.15, -0.1) is 0 Å². The standard InChI is InChI=1S/C18H13NO4/c20-16-11-15(17(16)21)19(14-9-5-2-6-10-14)18(22)23-12-13-7-3-1-4-8-13/h1-11H,12H2. The summed E-state index contributed by atoms with van der Waals surface area (Å²) in [5.74, 6) is 0. The number of hydrogen-bond acceptors (Lipinski definition) is 4. The average Bonchev–Trinajstić information content (AvgIpc) is 2.61. The van der Waals surface area contributed by atoms with E-state index in [9.17, 15) is 14.4 Å². The highest BCUT2D eigenvalue weighted by molar-refractivity contribution is 5.96. The van der Waals surface area contributed by atoms with Gasteiger partial charge in [-0.25, -0.2) is 9.69 Å². The van der Waals surface area contributed by atoms with Gasteiger partial charge in [-0.3, -0.25) is 9.59 Å². The lowest BCUT2D eigenvalue weighted by Crippen LogP contribution is -2.40. The first-order valence-corrected chi connectivity index (χ1v) is 7.03. The van der Waals surface area contributed by atoms with Crippen molar-refractivity contribution >= 4 is 17.5 Å². The molecule has 0 aliphatic rings. The van der Waals surface area contributed by atoms with Crippen molar-refractivity contribution < 1.29 is 9.53 Å². The molecule has 0 heterocycles.